The summed E-state index contributed by atoms with van der Waals surface area (Å²) in [5.41, 5.74) is 1.40. The summed E-state index contributed by atoms with van der Waals surface area (Å²) in [5.74, 6) is -0.916. The number of halogens is 1. The average molecular weight is 418 g/mol. The topological polar surface area (TPSA) is 73.6 Å². The van der Waals surface area contributed by atoms with Crippen molar-refractivity contribution >= 4 is 66.6 Å². The van der Waals surface area contributed by atoms with Crippen molar-refractivity contribution in [1.82, 2.24) is 9.55 Å². The molecule has 6 nitrogen and oxygen atoms in total. The standard InChI is InChI=1S/C18H12ClN3O3S2/c1-25-14(23)9-22-15-10(19)5-4-8-13(15)27-18(22)21-16(24)17-20-11-6-2-3-7-12(11)26-17/h2-8H,9H2,1H3. The number of fused-ring (bicyclic) bond motifs is 2. The summed E-state index contributed by atoms with van der Waals surface area (Å²) in [6.07, 6.45) is 0. The lowest BCUT2D eigenvalue weighted by molar-refractivity contribution is -0.141. The molecule has 0 aliphatic carbocycles. The van der Waals surface area contributed by atoms with E-state index in [-0.39, 0.29) is 6.54 Å². The van der Waals surface area contributed by atoms with Crippen LogP contribution in [-0.4, -0.2) is 28.5 Å². The SMILES string of the molecule is COC(=O)Cn1c(=NC(=O)c2nc3ccccc3s2)sc2cccc(Cl)c21. The van der Waals surface area contributed by atoms with Gasteiger partial charge in [-0.1, -0.05) is 41.1 Å². The third-order valence-corrected chi connectivity index (χ3v) is 6.21. The fourth-order valence-electron chi connectivity index (χ4n) is 2.61. The van der Waals surface area contributed by atoms with Crippen molar-refractivity contribution in [3.63, 3.8) is 0 Å². The Bertz CT molecular complexity index is 1220. The number of benzene rings is 2. The van der Waals surface area contributed by atoms with E-state index in [4.69, 9.17) is 16.3 Å². The Hall–Kier alpha value is -2.55. The van der Waals surface area contributed by atoms with Crippen LogP contribution in [0, 0.1) is 0 Å². The van der Waals surface area contributed by atoms with Gasteiger partial charge in [0.25, 0.3) is 0 Å². The third kappa shape index (κ3) is 3.39. The number of carbonyl (C=O) groups excluding carboxylic acids is 2. The number of amides is 1. The van der Waals surface area contributed by atoms with Crippen LogP contribution < -0.4 is 4.80 Å². The molecule has 0 saturated carbocycles. The van der Waals surface area contributed by atoms with Gasteiger partial charge in [-0.3, -0.25) is 9.59 Å². The van der Waals surface area contributed by atoms with Gasteiger partial charge in [-0.05, 0) is 24.3 Å². The van der Waals surface area contributed by atoms with Crippen molar-refractivity contribution in [2.75, 3.05) is 7.11 Å². The number of thiazole rings is 2. The number of aromatic nitrogens is 2. The van der Waals surface area contributed by atoms with Crippen LogP contribution in [0.3, 0.4) is 0 Å². The largest absolute Gasteiger partial charge is 0.468 e. The first-order valence-corrected chi connectivity index (χ1v) is 9.87. The van der Waals surface area contributed by atoms with Crippen molar-refractivity contribution in [1.29, 1.82) is 0 Å². The Morgan fingerprint density at radius 1 is 1.15 bits per heavy atom. The van der Waals surface area contributed by atoms with Gasteiger partial charge in [-0.15, -0.1) is 11.3 Å². The highest BCUT2D eigenvalue weighted by Gasteiger charge is 2.16. The second kappa shape index (κ2) is 7.22. The van der Waals surface area contributed by atoms with Gasteiger partial charge in [0.2, 0.25) is 0 Å². The first-order chi connectivity index (χ1) is 13.1. The number of esters is 1. The molecule has 0 bridgehead atoms. The minimum atomic E-state index is -0.461. The fraction of sp³-hybridized carbons (Fsp3) is 0.111. The van der Waals surface area contributed by atoms with E-state index < -0.39 is 11.9 Å². The predicted molar refractivity (Wildman–Crippen MR) is 106 cm³/mol. The summed E-state index contributed by atoms with van der Waals surface area (Å²) in [7, 11) is 1.31. The lowest BCUT2D eigenvalue weighted by Crippen LogP contribution is -2.22. The van der Waals surface area contributed by atoms with Crippen LogP contribution in [0.5, 0.6) is 0 Å². The highest BCUT2D eigenvalue weighted by molar-refractivity contribution is 7.20. The van der Waals surface area contributed by atoms with Gasteiger partial charge >= 0.3 is 11.9 Å². The molecule has 4 aromatic rings. The van der Waals surface area contributed by atoms with Gasteiger partial charge in [-0.2, -0.15) is 4.99 Å². The monoisotopic (exact) mass is 417 g/mol. The van der Waals surface area contributed by atoms with Gasteiger partial charge in [0.15, 0.2) is 9.81 Å². The Kier molecular flexibility index (Phi) is 4.77. The fourth-order valence-corrected chi connectivity index (χ4v) is 4.85. The van der Waals surface area contributed by atoms with Crippen LogP contribution in [0.4, 0.5) is 0 Å². The Morgan fingerprint density at radius 3 is 2.70 bits per heavy atom. The number of para-hydroxylation sites is 2. The molecular formula is C18H12ClN3O3S2. The zero-order chi connectivity index (χ0) is 19.0. The van der Waals surface area contributed by atoms with Crippen LogP contribution in [0.15, 0.2) is 47.5 Å². The van der Waals surface area contributed by atoms with E-state index in [1.165, 1.54) is 29.8 Å². The molecule has 1 amide bonds. The number of methoxy groups -OCH3 is 1. The van der Waals surface area contributed by atoms with Crippen LogP contribution in [0.1, 0.15) is 9.80 Å². The lowest BCUT2D eigenvalue weighted by atomic mass is 10.3. The van der Waals surface area contributed by atoms with Gasteiger partial charge in [-0.25, -0.2) is 4.98 Å². The normalized spacial score (nSPS) is 12.0. The summed E-state index contributed by atoms with van der Waals surface area (Å²) in [4.78, 5) is 33.4. The molecule has 4 rings (SSSR count). The van der Waals surface area contributed by atoms with Gasteiger partial charge in [0, 0.05) is 0 Å². The molecule has 0 saturated heterocycles. The van der Waals surface area contributed by atoms with Crippen molar-refractivity contribution in [3.8, 4) is 0 Å². The van der Waals surface area contributed by atoms with E-state index in [1.807, 2.05) is 36.4 Å². The van der Waals surface area contributed by atoms with Crippen molar-refractivity contribution in [2.45, 2.75) is 6.54 Å². The number of ether oxygens (including phenoxy) is 1. The lowest BCUT2D eigenvalue weighted by Gasteiger charge is -2.04. The summed E-state index contributed by atoms with van der Waals surface area (Å²) >= 11 is 8.87. The molecule has 0 aliphatic rings. The second-order valence-corrected chi connectivity index (χ2v) is 7.98. The van der Waals surface area contributed by atoms with Crippen molar-refractivity contribution < 1.29 is 14.3 Å². The molecule has 9 heteroatoms. The van der Waals surface area contributed by atoms with E-state index >= 15 is 0 Å². The molecule has 2 heterocycles. The molecule has 0 fully saturated rings. The summed E-state index contributed by atoms with van der Waals surface area (Å²) < 4.78 is 8.09. The minimum Gasteiger partial charge on any atom is -0.468 e. The molecule has 0 spiro atoms. The zero-order valence-corrected chi connectivity index (χ0v) is 16.4. The van der Waals surface area contributed by atoms with Gasteiger partial charge in [0.1, 0.15) is 6.54 Å². The van der Waals surface area contributed by atoms with Crippen LogP contribution in [0.2, 0.25) is 5.02 Å². The second-order valence-electron chi connectivity index (χ2n) is 5.54. The van der Waals surface area contributed by atoms with Crippen LogP contribution in [0.25, 0.3) is 20.4 Å². The van der Waals surface area contributed by atoms with E-state index in [1.54, 1.807) is 10.6 Å². The average Bonchev–Trinajstić information content (AvgIpc) is 3.24. The van der Waals surface area contributed by atoms with Crippen molar-refractivity contribution in [3.05, 3.63) is 57.3 Å². The maximum atomic E-state index is 12.7. The maximum Gasteiger partial charge on any atom is 0.325 e. The maximum absolute atomic E-state index is 12.7. The van der Waals surface area contributed by atoms with E-state index in [9.17, 15) is 9.59 Å². The molecule has 2 aromatic heterocycles. The Labute approximate surface area is 166 Å². The minimum absolute atomic E-state index is 0.0911. The first kappa shape index (κ1) is 17.8. The molecular weight excluding hydrogens is 406 g/mol. The third-order valence-electron chi connectivity index (χ3n) is 3.84. The number of rotatable bonds is 3. The highest BCUT2D eigenvalue weighted by atomic mass is 35.5. The number of hydrogen-bond donors (Lipinski definition) is 0. The van der Waals surface area contributed by atoms with E-state index in [0.717, 1.165) is 14.9 Å². The molecule has 2 aromatic carbocycles. The molecule has 0 N–H and O–H groups in total. The number of hydrogen-bond acceptors (Lipinski definition) is 6. The highest BCUT2D eigenvalue weighted by Crippen LogP contribution is 2.26. The smallest absolute Gasteiger partial charge is 0.325 e. The zero-order valence-electron chi connectivity index (χ0n) is 14.0. The molecule has 0 unspecified atom stereocenters. The molecule has 0 aliphatic heterocycles. The molecule has 0 radical (unpaired) electrons. The van der Waals surface area contributed by atoms with Crippen LogP contribution >= 0.6 is 34.3 Å². The molecule has 27 heavy (non-hydrogen) atoms. The van der Waals surface area contributed by atoms with Crippen LogP contribution in [-0.2, 0) is 16.1 Å². The first-order valence-electron chi connectivity index (χ1n) is 7.86. The quantitative estimate of drug-likeness (QED) is 0.474. The summed E-state index contributed by atoms with van der Waals surface area (Å²) in [5, 5.41) is 0.769. The summed E-state index contributed by atoms with van der Waals surface area (Å²) in [6, 6.07) is 12.9. The van der Waals surface area contributed by atoms with E-state index in [2.05, 4.69) is 9.98 Å². The number of carbonyl (C=O) groups is 2. The Morgan fingerprint density at radius 2 is 1.93 bits per heavy atom. The number of nitrogens with zero attached hydrogens (tertiary/aromatic N) is 3. The molecule has 0 atom stereocenters. The Balaban J connectivity index is 1.86. The van der Waals surface area contributed by atoms with E-state index in [0.29, 0.717) is 20.3 Å². The predicted octanol–water partition coefficient (Wildman–Crippen LogP) is 3.88. The van der Waals surface area contributed by atoms with Crippen molar-refractivity contribution in [2.24, 2.45) is 4.99 Å². The van der Waals surface area contributed by atoms with Gasteiger partial charge < -0.3 is 9.30 Å². The van der Waals surface area contributed by atoms with Gasteiger partial charge in [0.05, 0.1) is 32.6 Å². The molecule has 136 valence electrons. The summed E-state index contributed by atoms with van der Waals surface area (Å²) in [6.45, 7) is -0.0911.